The molecule has 0 fully saturated rings. The molecule has 0 amide bonds. The Morgan fingerprint density at radius 3 is 2.70 bits per heavy atom. The number of pyridine rings is 1. The molecule has 6 nitrogen and oxygen atoms in total. The van der Waals surface area contributed by atoms with Crippen molar-refractivity contribution in [1.29, 1.82) is 5.26 Å². The number of H-pyrrole nitrogens is 1. The van der Waals surface area contributed by atoms with Crippen LogP contribution in [0.25, 0.3) is 22.2 Å². The Labute approximate surface area is 155 Å². The Balaban J connectivity index is 1.55. The Morgan fingerprint density at radius 1 is 1.04 bits per heavy atom. The molecular weight excluding hydrogens is 338 g/mol. The number of benzene rings is 2. The highest BCUT2D eigenvalue weighted by Crippen LogP contribution is 2.22. The first kappa shape index (κ1) is 16.5. The molecule has 130 valence electrons. The molecule has 0 aliphatic heterocycles. The van der Waals surface area contributed by atoms with E-state index >= 15 is 0 Å². The highest BCUT2D eigenvalue weighted by molar-refractivity contribution is 5.85. The minimum absolute atomic E-state index is 0.434. The smallest absolute Gasteiger partial charge is 0.348 e. The summed E-state index contributed by atoms with van der Waals surface area (Å²) in [5.74, 6) is 0.507. The Kier molecular flexibility index (Phi) is 4.33. The summed E-state index contributed by atoms with van der Waals surface area (Å²) in [6.45, 7) is 0.527. The van der Waals surface area contributed by atoms with Crippen LogP contribution in [-0.2, 0) is 6.54 Å². The standard InChI is InChI=1S/C21H15N5O/c22-12-15-3-1-4-17(11-15)16-8-6-14(7-9-16)13-24-20-18-5-2-10-23-19(18)25-21(27)26-20/h1-11H,13H2,(H2,23,24,25,26,27). The van der Waals surface area contributed by atoms with E-state index in [0.29, 0.717) is 23.6 Å². The third kappa shape index (κ3) is 3.53. The number of nitrogens with zero attached hydrogens (tertiary/aromatic N) is 3. The predicted octanol–water partition coefficient (Wildman–Crippen LogP) is 3.47. The van der Waals surface area contributed by atoms with Crippen molar-refractivity contribution in [2.45, 2.75) is 6.54 Å². The van der Waals surface area contributed by atoms with Gasteiger partial charge in [0.2, 0.25) is 0 Å². The van der Waals surface area contributed by atoms with Crippen molar-refractivity contribution in [3.63, 3.8) is 0 Å². The number of fused-ring (bicyclic) bond motifs is 1. The van der Waals surface area contributed by atoms with Gasteiger partial charge in [-0.2, -0.15) is 10.2 Å². The second-order valence-corrected chi connectivity index (χ2v) is 6.03. The number of nitrogens with one attached hydrogen (secondary N) is 2. The largest absolute Gasteiger partial charge is 0.365 e. The first-order valence-corrected chi connectivity index (χ1v) is 8.41. The molecule has 2 N–H and O–H groups in total. The number of nitriles is 1. The lowest BCUT2D eigenvalue weighted by Gasteiger charge is -2.09. The van der Waals surface area contributed by atoms with Crippen molar-refractivity contribution in [3.8, 4) is 17.2 Å². The molecule has 2 aromatic carbocycles. The summed E-state index contributed by atoms with van der Waals surface area (Å²) in [5, 5.41) is 13.0. The maximum absolute atomic E-state index is 11.7. The fraction of sp³-hybridized carbons (Fsp3) is 0.0476. The van der Waals surface area contributed by atoms with Crippen LogP contribution < -0.4 is 11.0 Å². The lowest BCUT2D eigenvalue weighted by atomic mass is 10.0. The van der Waals surface area contributed by atoms with E-state index in [9.17, 15) is 4.79 Å². The van der Waals surface area contributed by atoms with Gasteiger partial charge in [-0.05, 0) is 41.0 Å². The van der Waals surface area contributed by atoms with Gasteiger partial charge in [0, 0.05) is 12.7 Å². The molecule has 0 unspecified atom stereocenters. The van der Waals surface area contributed by atoms with Gasteiger partial charge in [-0.3, -0.25) is 4.98 Å². The van der Waals surface area contributed by atoms with Crippen LogP contribution >= 0.6 is 0 Å². The highest BCUT2D eigenvalue weighted by atomic mass is 16.1. The van der Waals surface area contributed by atoms with E-state index in [2.05, 4.69) is 26.3 Å². The normalized spacial score (nSPS) is 10.5. The molecule has 0 saturated heterocycles. The summed E-state index contributed by atoms with van der Waals surface area (Å²) < 4.78 is 0. The van der Waals surface area contributed by atoms with Gasteiger partial charge in [0.05, 0.1) is 17.0 Å². The molecular formula is C21H15N5O. The number of aromatic nitrogens is 3. The van der Waals surface area contributed by atoms with Crippen LogP contribution in [0.3, 0.4) is 0 Å². The van der Waals surface area contributed by atoms with Gasteiger partial charge < -0.3 is 5.32 Å². The third-order valence-corrected chi connectivity index (χ3v) is 4.24. The zero-order valence-electron chi connectivity index (χ0n) is 14.3. The SMILES string of the molecule is N#Cc1cccc(-c2ccc(CNc3nc(=O)[nH]c4ncccc34)cc2)c1. The van der Waals surface area contributed by atoms with Crippen LogP contribution in [0.4, 0.5) is 5.82 Å². The van der Waals surface area contributed by atoms with Gasteiger partial charge in [0.1, 0.15) is 11.5 Å². The number of hydrogen-bond donors (Lipinski definition) is 2. The molecule has 0 bridgehead atoms. The van der Waals surface area contributed by atoms with Gasteiger partial charge in [-0.15, -0.1) is 0 Å². The number of hydrogen-bond acceptors (Lipinski definition) is 5. The van der Waals surface area contributed by atoms with E-state index in [0.717, 1.165) is 22.1 Å². The monoisotopic (exact) mass is 353 g/mol. The van der Waals surface area contributed by atoms with Gasteiger partial charge >= 0.3 is 5.69 Å². The Morgan fingerprint density at radius 2 is 1.89 bits per heavy atom. The van der Waals surface area contributed by atoms with Crippen LogP contribution in [0.15, 0.2) is 71.7 Å². The van der Waals surface area contributed by atoms with E-state index < -0.39 is 5.69 Å². The third-order valence-electron chi connectivity index (χ3n) is 4.24. The van der Waals surface area contributed by atoms with Crippen molar-refractivity contribution in [2.75, 3.05) is 5.32 Å². The molecule has 0 radical (unpaired) electrons. The molecule has 4 rings (SSSR count). The predicted molar refractivity (Wildman–Crippen MR) is 104 cm³/mol. The summed E-state index contributed by atoms with van der Waals surface area (Å²) in [5.41, 5.74) is 3.80. The molecule has 27 heavy (non-hydrogen) atoms. The Hall–Kier alpha value is -3.98. The Bertz CT molecular complexity index is 1210. The van der Waals surface area contributed by atoms with Crippen molar-refractivity contribution >= 4 is 16.9 Å². The highest BCUT2D eigenvalue weighted by Gasteiger charge is 2.06. The van der Waals surface area contributed by atoms with Crippen LogP contribution in [0.1, 0.15) is 11.1 Å². The first-order chi connectivity index (χ1) is 13.2. The second-order valence-electron chi connectivity index (χ2n) is 6.03. The fourth-order valence-corrected chi connectivity index (χ4v) is 2.89. The topological polar surface area (TPSA) is 94.5 Å². The average molecular weight is 353 g/mol. The summed E-state index contributed by atoms with van der Waals surface area (Å²) in [4.78, 5) is 22.5. The van der Waals surface area contributed by atoms with Crippen molar-refractivity contribution < 1.29 is 0 Å². The van der Waals surface area contributed by atoms with Gasteiger partial charge in [0.25, 0.3) is 0 Å². The molecule has 2 aromatic heterocycles. The van der Waals surface area contributed by atoms with E-state index in [1.54, 1.807) is 18.3 Å². The lowest BCUT2D eigenvalue weighted by Crippen LogP contribution is -2.14. The van der Waals surface area contributed by atoms with E-state index in [-0.39, 0.29) is 0 Å². The average Bonchev–Trinajstić information content (AvgIpc) is 2.72. The van der Waals surface area contributed by atoms with Gasteiger partial charge in [0.15, 0.2) is 0 Å². The first-order valence-electron chi connectivity index (χ1n) is 8.41. The lowest BCUT2D eigenvalue weighted by molar-refractivity contribution is 1.05. The van der Waals surface area contributed by atoms with Crippen molar-refractivity contribution in [1.82, 2.24) is 15.0 Å². The number of aromatic amines is 1. The van der Waals surface area contributed by atoms with E-state index in [4.69, 9.17) is 5.26 Å². The molecule has 0 aliphatic carbocycles. The van der Waals surface area contributed by atoms with Crippen LogP contribution in [0.5, 0.6) is 0 Å². The number of anilines is 1. The molecule has 4 aromatic rings. The molecule has 2 heterocycles. The van der Waals surface area contributed by atoms with Crippen LogP contribution in [0, 0.1) is 11.3 Å². The van der Waals surface area contributed by atoms with E-state index in [1.807, 2.05) is 48.5 Å². The zero-order chi connectivity index (χ0) is 18.6. The number of rotatable bonds is 4. The maximum Gasteiger partial charge on any atom is 0.348 e. The van der Waals surface area contributed by atoms with Crippen LogP contribution in [-0.4, -0.2) is 15.0 Å². The van der Waals surface area contributed by atoms with E-state index in [1.165, 1.54) is 0 Å². The molecule has 0 atom stereocenters. The molecule has 0 spiro atoms. The molecule has 6 heteroatoms. The summed E-state index contributed by atoms with van der Waals surface area (Å²) in [7, 11) is 0. The van der Waals surface area contributed by atoms with Crippen molar-refractivity contribution in [2.24, 2.45) is 0 Å². The maximum atomic E-state index is 11.7. The fourth-order valence-electron chi connectivity index (χ4n) is 2.89. The molecule has 0 saturated carbocycles. The quantitative estimate of drug-likeness (QED) is 0.586. The summed E-state index contributed by atoms with van der Waals surface area (Å²) >= 11 is 0. The van der Waals surface area contributed by atoms with Gasteiger partial charge in [-0.25, -0.2) is 9.78 Å². The summed E-state index contributed by atoms with van der Waals surface area (Å²) in [6.07, 6.45) is 1.63. The minimum Gasteiger partial charge on any atom is -0.365 e. The van der Waals surface area contributed by atoms with Gasteiger partial charge in [-0.1, -0.05) is 36.4 Å². The molecule has 0 aliphatic rings. The second kappa shape index (κ2) is 7.10. The van der Waals surface area contributed by atoms with Crippen LogP contribution in [0.2, 0.25) is 0 Å². The van der Waals surface area contributed by atoms with Crippen molar-refractivity contribution in [3.05, 3.63) is 88.5 Å². The minimum atomic E-state index is -0.434. The zero-order valence-corrected chi connectivity index (χ0v) is 14.3. The summed E-state index contributed by atoms with van der Waals surface area (Å²) in [6, 6.07) is 21.4.